The summed E-state index contributed by atoms with van der Waals surface area (Å²) in [5.74, 6) is 0. The van der Waals surface area contributed by atoms with Gasteiger partial charge in [-0.1, -0.05) is 15.9 Å². The number of nitriles is 1. The second kappa shape index (κ2) is 5.27. The van der Waals surface area contributed by atoms with Crippen molar-refractivity contribution >= 4 is 45.6 Å². The van der Waals surface area contributed by atoms with Crippen LogP contribution in [0, 0.1) is 11.3 Å². The van der Waals surface area contributed by atoms with E-state index in [2.05, 4.69) is 20.5 Å². The molecule has 0 aliphatic heterocycles. The molecule has 0 aliphatic rings. The van der Waals surface area contributed by atoms with Gasteiger partial charge in [-0.3, -0.25) is 4.57 Å². The highest BCUT2D eigenvalue weighted by atomic mass is 79.9. The molecule has 19 heavy (non-hydrogen) atoms. The van der Waals surface area contributed by atoms with Gasteiger partial charge in [-0.2, -0.15) is 14.0 Å². The number of hydrogen-bond acceptors (Lipinski definition) is 4. The third-order valence-corrected chi connectivity index (χ3v) is 4.33. The van der Waals surface area contributed by atoms with Crippen molar-refractivity contribution in [3.63, 3.8) is 0 Å². The number of rotatable bonds is 3. The summed E-state index contributed by atoms with van der Waals surface area (Å²) < 4.78 is 42.2. The fourth-order valence-corrected chi connectivity index (χ4v) is 3.44. The van der Waals surface area contributed by atoms with E-state index in [9.17, 15) is 13.3 Å². The highest BCUT2D eigenvalue weighted by Crippen LogP contribution is 2.43. The Bertz CT molecular complexity index is 713. The fraction of sp³-hybridized carbons (Fsp3) is 0.100. The monoisotopic (exact) mass is 367 g/mol. The van der Waals surface area contributed by atoms with Crippen molar-refractivity contribution in [3.8, 4) is 6.07 Å². The fourth-order valence-electron chi connectivity index (χ4n) is 1.50. The Labute approximate surface area is 119 Å². The molecule has 0 fully saturated rings. The largest absolute Gasteiger partial charge is 0.390 e. The van der Waals surface area contributed by atoms with Crippen LogP contribution < -0.4 is 0 Å². The van der Waals surface area contributed by atoms with Gasteiger partial charge < -0.3 is 4.89 Å². The van der Waals surface area contributed by atoms with E-state index in [0.717, 1.165) is 17.4 Å². The first-order valence-electron chi connectivity index (χ1n) is 4.77. The van der Waals surface area contributed by atoms with Crippen LogP contribution in [0.25, 0.3) is 10.1 Å². The minimum absolute atomic E-state index is 0.0413. The van der Waals surface area contributed by atoms with E-state index in [4.69, 9.17) is 10.2 Å². The quantitative estimate of drug-likeness (QED) is 0.832. The summed E-state index contributed by atoms with van der Waals surface area (Å²) in [6, 6.07) is 5.94. The van der Waals surface area contributed by atoms with E-state index in [0.29, 0.717) is 15.0 Å². The normalized spacial score (nSPS) is 13.4. The predicted octanol–water partition coefficient (Wildman–Crippen LogP) is 3.98. The molecule has 100 valence electrons. The van der Waals surface area contributed by atoms with Crippen molar-refractivity contribution in [2.45, 2.75) is 6.11 Å². The lowest BCUT2D eigenvalue weighted by atomic mass is 10.1. The van der Waals surface area contributed by atoms with E-state index < -0.39 is 19.9 Å². The molecule has 1 unspecified atom stereocenters. The third-order valence-electron chi connectivity index (χ3n) is 2.25. The summed E-state index contributed by atoms with van der Waals surface area (Å²) in [6.45, 7) is 0. The number of thiophene rings is 1. The Hall–Kier alpha value is -0.840. The maximum absolute atomic E-state index is 13.6. The molecule has 2 aromatic rings. The Balaban J connectivity index is 2.58. The highest BCUT2D eigenvalue weighted by molar-refractivity contribution is 9.10. The van der Waals surface area contributed by atoms with Crippen LogP contribution in [0.3, 0.4) is 0 Å². The molecule has 0 amide bonds. The SMILES string of the molecule is N#Cc1cc2cc(C(F)(F)O[PH](=O)O)c(Br)cc2s1. The summed E-state index contributed by atoms with van der Waals surface area (Å²) in [5.41, 5.74) is -0.560. The van der Waals surface area contributed by atoms with Crippen LogP contribution in [0.5, 0.6) is 0 Å². The molecule has 4 nitrogen and oxygen atoms in total. The van der Waals surface area contributed by atoms with Crippen molar-refractivity contribution in [1.29, 1.82) is 5.26 Å². The van der Waals surface area contributed by atoms with Gasteiger partial charge in [-0.05, 0) is 23.6 Å². The van der Waals surface area contributed by atoms with Crippen molar-refractivity contribution in [2.24, 2.45) is 0 Å². The minimum atomic E-state index is -3.88. The lowest BCUT2D eigenvalue weighted by Crippen LogP contribution is -2.15. The van der Waals surface area contributed by atoms with Gasteiger partial charge in [-0.15, -0.1) is 11.3 Å². The Morgan fingerprint density at radius 3 is 2.74 bits per heavy atom. The molecule has 0 saturated heterocycles. The van der Waals surface area contributed by atoms with Crippen LogP contribution in [0.15, 0.2) is 22.7 Å². The molecule has 0 saturated carbocycles. The molecule has 2 rings (SSSR count). The number of fused-ring (bicyclic) bond motifs is 1. The molecule has 0 radical (unpaired) electrons. The van der Waals surface area contributed by atoms with Crippen LogP contribution in [0.4, 0.5) is 8.78 Å². The second-order valence-corrected chi connectivity index (χ2v) is 6.15. The number of benzene rings is 1. The topological polar surface area (TPSA) is 70.3 Å². The Morgan fingerprint density at radius 2 is 2.16 bits per heavy atom. The first-order chi connectivity index (χ1) is 8.83. The highest BCUT2D eigenvalue weighted by Gasteiger charge is 2.37. The van der Waals surface area contributed by atoms with Crippen LogP contribution in [-0.4, -0.2) is 4.89 Å². The lowest BCUT2D eigenvalue weighted by Gasteiger charge is -2.16. The molecular weight excluding hydrogens is 363 g/mol. The van der Waals surface area contributed by atoms with Gasteiger partial charge in [-0.25, -0.2) is 4.52 Å². The summed E-state index contributed by atoms with van der Waals surface area (Å²) in [5, 5.41) is 9.21. The second-order valence-electron chi connectivity index (χ2n) is 3.48. The molecule has 0 bridgehead atoms. The van der Waals surface area contributed by atoms with Crippen molar-refractivity contribution in [1.82, 2.24) is 0 Å². The zero-order valence-electron chi connectivity index (χ0n) is 8.99. The van der Waals surface area contributed by atoms with Gasteiger partial charge in [0.05, 0.1) is 5.56 Å². The zero-order valence-corrected chi connectivity index (χ0v) is 12.4. The summed E-state index contributed by atoms with van der Waals surface area (Å²) in [7, 11) is -3.78. The molecule has 1 aromatic carbocycles. The van der Waals surface area contributed by atoms with Crippen LogP contribution in [0.2, 0.25) is 0 Å². The number of hydrogen-bond donors (Lipinski definition) is 1. The molecule has 1 aromatic heterocycles. The number of nitrogens with zero attached hydrogens (tertiary/aromatic N) is 1. The van der Waals surface area contributed by atoms with Crippen LogP contribution in [0.1, 0.15) is 10.4 Å². The van der Waals surface area contributed by atoms with E-state index in [-0.39, 0.29) is 4.47 Å². The van der Waals surface area contributed by atoms with E-state index in [1.165, 1.54) is 12.1 Å². The van der Waals surface area contributed by atoms with E-state index in [1.54, 1.807) is 0 Å². The standard InChI is InChI=1S/C10H5BrF2NO3PS/c11-8-3-9-5(1-6(4-14)19-9)2-7(8)10(12,13)17-18(15)16/h1-3,18H,(H,15,16). The Morgan fingerprint density at radius 1 is 1.47 bits per heavy atom. The number of alkyl halides is 2. The lowest BCUT2D eigenvalue weighted by molar-refractivity contribution is -0.186. The molecule has 1 N–H and O–H groups in total. The van der Waals surface area contributed by atoms with Gasteiger partial charge in [0.15, 0.2) is 0 Å². The van der Waals surface area contributed by atoms with Crippen molar-refractivity contribution in [3.05, 3.63) is 33.1 Å². The van der Waals surface area contributed by atoms with Gasteiger partial charge >= 0.3 is 14.4 Å². The van der Waals surface area contributed by atoms with Crippen LogP contribution in [-0.2, 0) is 15.2 Å². The summed E-state index contributed by atoms with van der Waals surface area (Å²) in [6.07, 6.45) is -3.88. The zero-order chi connectivity index (χ0) is 14.2. The average Bonchev–Trinajstić information content (AvgIpc) is 2.67. The van der Waals surface area contributed by atoms with Crippen molar-refractivity contribution in [2.75, 3.05) is 0 Å². The van der Waals surface area contributed by atoms with Crippen molar-refractivity contribution < 1.29 is 22.8 Å². The molecule has 0 spiro atoms. The maximum Gasteiger partial charge on any atom is 0.390 e. The summed E-state index contributed by atoms with van der Waals surface area (Å²) in [4.78, 5) is 8.87. The summed E-state index contributed by atoms with van der Waals surface area (Å²) >= 11 is 4.13. The predicted molar refractivity (Wildman–Crippen MR) is 70.4 cm³/mol. The first-order valence-corrected chi connectivity index (χ1v) is 7.64. The average molecular weight is 368 g/mol. The molecule has 1 heterocycles. The molecule has 0 aliphatic carbocycles. The van der Waals surface area contributed by atoms with Gasteiger partial charge in [0.2, 0.25) is 0 Å². The van der Waals surface area contributed by atoms with Gasteiger partial charge in [0.25, 0.3) is 0 Å². The minimum Gasteiger partial charge on any atom is -0.326 e. The first kappa shape index (κ1) is 14.6. The van der Waals surface area contributed by atoms with E-state index in [1.807, 2.05) is 6.07 Å². The van der Waals surface area contributed by atoms with Gasteiger partial charge in [0.1, 0.15) is 10.9 Å². The Kier molecular flexibility index (Phi) is 4.04. The third kappa shape index (κ3) is 3.02. The number of halogens is 3. The maximum atomic E-state index is 13.6. The van der Waals surface area contributed by atoms with Gasteiger partial charge in [0, 0.05) is 9.17 Å². The smallest absolute Gasteiger partial charge is 0.326 e. The van der Waals surface area contributed by atoms with E-state index >= 15 is 0 Å². The molecule has 9 heteroatoms. The molecular formula is C10H5BrF2NO3PS. The molecule has 1 atom stereocenters. The van der Waals surface area contributed by atoms with Crippen LogP contribution >= 0.6 is 35.5 Å².